The van der Waals surface area contributed by atoms with Gasteiger partial charge in [-0.1, -0.05) is 182 Å². The Morgan fingerprint density at radius 3 is 1.20 bits per heavy atom. The van der Waals surface area contributed by atoms with Gasteiger partial charge in [0.25, 0.3) is 0 Å². The first-order chi connectivity index (χ1) is 58.5. The molecule has 1 aliphatic rings. The van der Waals surface area contributed by atoms with Crippen LogP contribution in [-0.4, -0.2) is 36.5 Å². The summed E-state index contributed by atoms with van der Waals surface area (Å²) in [6.07, 6.45) is -3.40. The molecular formula is C104H64F6N10. The number of benzene rings is 15. The second-order valence-electron chi connectivity index (χ2n) is 31.9. The molecular weight excluding hydrogens is 1500 g/mol. The van der Waals surface area contributed by atoms with Crippen molar-refractivity contribution >= 4 is 170 Å². The minimum absolute atomic E-state index is 0.312. The predicted molar refractivity (Wildman–Crippen MR) is 474 cm³/mol. The van der Waals surface area contributed by atoms with E-state index in [2.05, 4.69) is 189 Å². The molecule has 0 radical (unpaired) electrons. The number of para-hydroxylation sites is 6. The van der Waals surface area contributed by atoms with Crippen molar-refractivity contribution in [3.05, 3.63) is 330 Å². The van der Waals surface area contributed by atoms with Crippen molar-refractivity contribution < 1.29 is 26.3 Å². The highest BCUT2D eigenvalue weighted by Gasteiger charge is 2.35. The molecule has 0 atom stereocenters. The summed E-state index contributed by atoms with van der Waals surface area (Å²) >= 11 is 0. The number of hydrogen-bond acceptors (Lipinski definition) is 2. The molecule has 24 rings (SSSR count). The summed E-state index contributed by atoms with van der Waals surface area (Å²) in [5.74, 6) is 0. The molecule has 0 saturated carbocycles. The zero-order valence-corrected chi connectivity index (χ0v) is 64.7. The number of fused-ring (bicyclic) bond motifs is 28. The van der Waals surface area contributed by atoms with Crippen molar-refractivity contribution in [3.63, 3.8) is 0 Å². The number of nitrogens with zero attached hydrogens (tertiary/aromatic N) is 10. The summed E-state index contributed by atoms with van der Waals surface area (Å²) in [7, 11) is 6.16. The molecule has 0 fully saturated rings. The Hall–Kier alpha value is -15.3. The van der Waals surface area contributed by atoms with Crippen LogP contribution in [0.3, 0.4) is 0 Å². The minimum atomic E-state index is -4.66. The molecule has 10 nitrogen and oxygen atoms in total. The molecule has 120 heavy (non-hydrogen) atoms. The van der Waals surface area contributed by atoms with E-state index in [1.54, 1.807) is 12.1 Å². The van der Waals surface area contributed by atoms with Crippen LogP contribution >= 0.6 is 0 Å². The Kier molecular flexibility index (Phi) is 14.3. The standard InChI is InChI=1S/C104H64F6N10/c1-113-82-32-12-9-29-76(82)95-89(113)46-43-70-67-26-6-16-36-87(67)119(97(70)95)93-51-61(55-111)91(53-78(93)59-20-18-22-63(49-59)103(105,106)107)117-85-34-14-5-25-66(85)71-44-47-90-96(98(71)117)77-30-10-13-33-84(77)116(90)57-58-38-45-83-80(48-58)75-42-41-73-68-27-7-15-35-86(68)118(101(73)100(75)115(83)3)92-54-79(60-21-19-23-64(50-60)104(108,109)110)94(52-62(92)56-112)120-88-37-17-8-28-69(88)74-40-39-72-65-24-4-11-31-81(65)114(2)99(72)102(74)120/h4-9,11-29,31-54H,10,30,57H2,1-3H3. The normalized spacial score (nSPS) is 13.0. The fourth-order valence-corrected chi connectivity index (χ4v) is 20.8. The van der Waals surface area contributed by atoms with Gasteiger partial charge in [-0.3, -0.25) is 0 Å². The second kappa shape index (κ2) is 24.9. The first-order valence-electron chi connectivity index (χ1n) is 40.0. The lowest BCUT2D eigenvalue weighted by atomic mass is 9.97. The molecule has 8 heterocycles. The number of aryl methyl sites for hydroxylation is 4. The lowest BCUT2D eigenvalue weighted by molar-refractivity contribution is -0.138. The summed E-state index contributed by atoms with van der Waals surface area (Å²) < 4.78 is 109. The molecule has 0 spiro atoms. The molecule has 0 aliphatic heterocycles. The molecule has 1 aliphatic carbocycles. The lowest BCUT2D eigenvalue weighted by Gasteiger charge is -2.20. The van der Waals surface area contributed by atoms with E-state index < -0.39 is 23.5 Å². The van der Waals surface area contributed by atoms with Gasteiger partial charge in [-0.05, 0) is 150 Å². The first-order valence-corrected chi connectivity index (χ1v) is 40.0. The summed E-state index contributed by atoms with van der Waals surface area (Å²) in [6.45, 7) is 0.450. The fraction of sp³-hybridized carbons (Fsp3) is 0.0769. The molecule has 23 aromatic rings. The van der Waals surface area contributed by atoms with Gasteiger partial charge < -0.3 is 36.5 Å². The third-order valence-electron chi connectivity index (χ3n) is 25.9. The SMILES string of the molecule is Cn1c2ccccc2c2c1ccc1c3ccccc3n(-c3cc(C#N)c(-n4c5ccccc5c5ccc6c(c7c(n6Cc6ccc8c(c6)c6ccc9c%10ccccc%10n(-c%10cc(-c%11cccc(C(F)(F)F)c%11)c(-n%11c%12ccccc%12c%12ccc%13c%14ccccc%14n(C)c%13c%12%11)cc%10C#N)c9c6n8C)C=CCC7)c54)cc3-c3cccc(C(F)(F)F)c3)c12. The topological polar surface area (TPSA) is 87.0 Å². The highest BCUT2D eigenvalue weighted by Crippen LogP contribution is 2.51. The van der Waals surface area contributed by atoms with E-state index in [0.717, 1.165) is 199 Å². The van der Waals surface area contributed by atoms with Crippen molar-refractivity contribution in [2.45, 2.75) is 31.7 Å². The molecule has 15 aromatic carbocycles. The lowest BCUT2D eigenvalue weighted by Crippen LogP contribution is -2.07. The molecule has 0 bridgehead atoms. The van der Waals surface area contributed by atoms with E-state index in [-0.39, 0.29) is 0 Å². The maximum absolute atomic E-state index is 15.2. The van der Waals surface area contributed by atoms with E-state index in [0.29, 0.717) is 69.1 Å². The Balaban J connectivity index is 0.708. The number of aromatic nitrogens is 8. The van der Waals surface area contributed by atoms with Crippen molar-refractivity contribution in [1.82, 2.24) is 36.5 Å². The molecule has 0 amide bonds. The number of hydrogen-bond donors (Lipinski definition) is 0. The number of rotatable bonds is 8. The second-order valence-corrected chi connectivity index (χ2v) is 31.9. The van der Waals surface area contributed by atoms with E-state index in [1.165, 1.54) is 24.3 Å². The van der Waals surface area contributed by atoms with Crippen molar-refractivity contribution in [3.8, 4) is 57.1 Å². The van der Waals surface area contributed by atoms with Gasteiger partial charge in [-0.25, -0.2) is 0 Å². The smallest absolute Gasteiger partial charge is 0.344 e. The van der Waals surface area contributed by atoms with Gasteiger partial charge in [0.1, 0.15) is 12.1 Å². The Labute approximate surface area is 679 Å². The Morgan fingerprint density at radius 1 is 0.317 bits per heavy atom. The van der Waals surface area contributed by atoms with Gasteiger partial charge in [0.15, 0.2) is 0 Å². The van der Waals surface area contributed by atoms with Crippen molar-refractivity contribution in [2.24, 2.45) is 21.1 Å². The molecule has 0 saturated heterocycles. The summed E-state index contributed by atoms with van der Waals surface area (Å²) in [5, 5.41) is 38.5. The number of halogens is 6. The quantitative estimate of drug-likeness (QED) is 0.142. The summed E-state index contributed by atoms with van der Waals surface area (Å²) in [4.78, 5) is 0. The van der Waals surface area contributed by atoms with Gasteiger partial charge in [-0.15, -0.1) is 0 Å². The van der Waals surface area contributed by atoms with E-state index in [9.17, 15) is 10.5 Å². The molecule has 572 valence electrons. The third kappa shape index (κ3) is 9.49. The fourth-order valence-electron chi connectivity index (χ4n) is 20.8. The van der Waals surface area contributed by atoms with Gasteiger partial charge >= 0.3 is 12.4 Å². The first kappa shape index (κ1) is 69.1. The van der Waals surface area contributed by atoms with Crippen molar-refractivity contribution in [1.29, 1.82) is 10.5 Å². The number of nitriles is 2. The predicted octanol–water partition coefficient (Wildman–Crippen LogP) is 27.1. The van der Waals surface area contributed by atoms with Crippen LogP contribution in [0.1, 0.15) is 45.5 Å². The zero-order chi connectivity index (χ0) is 80.8. The van der Waals surface area contributed by atoms with E-state index >= 15 is 26.3 Å². The summed E-state index contributed by atoms with van der Waals surface area (Å²) in [5.41, 5.74) is 19.5. The van der Waals surface area contributed by atoms with Crippen LogP contribution in [0, 0.1) is 22.7 Å². The molecule has 0 unspecified atom stereocenters. The average molecular weight is 1570 g/mol. The Morgan fingerprint density at radius 2 is 0.700 bits per heavy atom. The Bertz CT molecular complexity index is 8690. The third-order valence-corrected chi connectivity index (χ3v) is 25.9. The zero-order valence-electron chi connectivity index (χ0n) is 64.7. The van der Waals surface area contributed by atoms with Gasteiger partial charge in [0, 0.05) is 142 Å². The van der Waals surface area contributed by atoms with Crippen LogP contribution in [0.4, 0.5) is 26.3 Å². The highest BCUT2D eigenvalue weighted by atomic mass is 19.4. The largest absolute Gasteiger partial charge is 0.416 e. The number of allylic oxidation sites excluding steroid dienone is 1. The van der Waals surface area contributed by atoms with Crippen molar-refractivity contribution in [2.75, 3.05) is 0 Å². The van der Waals surface area contributed by atoms with Gasteiger partial charge in [-0.2, -0.15) is 36.9 Å². The number of alkyl halides is 6. The van der Waals surface area contributed by atoms with Crippen LogP contribution < -0.4 is 0 Å². The van der Waals surface area contributed by atoms with Crippen LogP contribution in [0.2, 0.25) is 0 Å². The highest BCUT2D eigenvalue weighted by molar-refractivity contribution is 6.28. The van der Waals surface area contributed by atoms with E-state index in [4.69, 9.17) is 0 Å². The van der Waals surface area contributed by atoms with Crippen LogP contribution in [0.5, 0.6) is 0 Å². The maximum atomic E-state index is 15.2. The monoisotopic (exact) mass is 1570 g/mol. The van der Waals surface area contributed by atoms with E-state index in [1.807, 2.05) is 129 Å². The van der Waals surface area contributed by atoms with Crippen LogP contribution in [0.25, 0.3) is 215 Å². The summed E-state index contributed by atoms with van der Waals surface area (Å²) in [6, 6.07) is 96.8. The maximum Gasteiger partial charge on any atom is 0.416 e. The minimum Gasteiger partial charge on any atom is -0.344 e. The van der Waals surface area contributed by atoms with Crippen LogP contribution in [-0.2, 0) is 46.5 Å². The molecule has 8 aromatic heterocycles. The molecule has 0 N–H and O–H groups in total. The van der Waals surface area contributed by atoms with Gasteiger partial charge in [0.05, 0.1) is 111 Å². The van der Waals surface area contributed by atoms with Crippen LogP contribution in [0.15, 0.2) is 291 Å². The molecule has 16 heteroatoms. The van der Waals surface area contributed by atoms with Gasteiger partial charge in [0.2, 0.25) is 0 Å². The average Bonchev–Trinajstić information content (AvgIpc) is 1.56.